The molecule has 2 amide bonds. The van der Waals surface area contributed by atoms with Crippen molar-refractivity contribution in [3.05, 3.63) is 36.5 Å². The first-order valence-electron chi connectivity index (χ1n) is 6.07. The maximum Gasteiger partial charge on any atom is 0.251 e. The van der Waals surface area contributed by atoms with Gasteiger partial charge in [0.2, 0.25) is 5.91 Å². The molecule has 0 bridgehead atoms. The van der Waals surface area contributed by atoms with Gasteiger partial charge in [0.15, 0.2) is 0 Å². The van der Waals surface area contributed by atoms with E-state index in [2.05, 4.69) is 10.3 Å². The molecule has 5 nitrogen and oxygen atoms in total. The highest BCUT2D eigenvalue weighted by molar-refractivity contribution is 6.07. The third-order valence-electron chi connectivity index (χ3n) is 3.36. The highest BCUT2D eigenvalue weighted by atomic mass is 16.2. The van der Waals surface area contributed by atoms with Crippen LogP contribution < -0.4 is 5.32 Å². The Balaban J connectivity index is 1.94. The van der Waals surface area contributed by atoms with Crippen LogP contribution in [0.25, 0.3) is 10.9 Å². The number of rotatable bonds is 2. The van der Waals surface area contributed by atoms with E-state index in [0.29, 0.717) is 0 Å². The van der Waals surface area contributed by atoms with Gasteiger partial charge >= 0.3 is 0 Å². The number of carbonyl (C=O) groups excluding carboxylic acids is 2. The molecule has 1 unspecified atom stereocenters. The van der Waals surface area contributed by atoms with E-state index in [-0.39, 0.29) is 18.2 Å². The molecule has 1 atom stereocenters. The average Bonchev–Trinajstić information content (AvgIpc) is 2.67. The van der Waals surface area contributed by atoms with E-state index in [9.17, 15) is 9.59 Å². The number of carbonyl (C=O) groups is 2. The number of likely N-dealkylation sites (N-methyl/N-ethyl adjacent to an activating group) is 1. The van der Waals surface area contributed by atoms with Crippen molar-refractivity contribution >= 4 is 28.4 Å². The number of anilines is 1. The molecule has 0 aliphatic carbocycles. The highest BCUT2D eigenvalue weighted by Gasteiger charge is 2.36. The molecule has 2 heterocycles. The molecular formula is C14H13N3O2. The predicted molar refractivity (Wildman–Crippen MR) is 71.5 cm³/mol. The Bertz CT molecular complexity index is 663. The first kappa shape index (κ1) is 11.6. The molecule has 3 rings (SSSR count). The fourth-order valence-electron chi connectivity index (χ4n) is 2.28. The molecule has 1 saturated heterocycles. The molecular weight excluding hydrogens is 242 g/mol. The number of pyridine rings is 1. The van der Waals surface area contributed by atoms with Crippen molar-refractivity contribution in [1.29, 1.82) is 0 Å². The summed E-state index contributed by atoms with van der Waals surface area (Å²) in [6.45, 7) is 0. The zero-order valence-corrected chi connectivity index (χ0v) is 10.5. The van der Waals surface area contributed by atoms with Crippen LogP contribution in [0, 0.1) is 0 Å². The summed E-state index contributed by atoms with van der Waals surface area (Å²) in [5, 5.41) is 4.09. The van der Waals surface area contributed by atoms with Crippen molar-refractivity contribution in [2.75, 3.05) is 12.4 Å². The molecule has 1 aliphatic rings. The lowest BCUT2D eigenvalue weighted by atomic mass is 10.1. The monoisotopic (exact) mass is 255 g/mol. The number of nitrogens with one attached hydrogen (secondary N) is 1. The first-order valence-corrected chi connectivity index (χ1v) is 6.07. The normalized spacial score (nSPS) is 19.2. The van der Waals surface area contributed by atoms with Crippen LogP contribution in [-0.2, 0) is 9.59 Å². The number of hydrogen-bond acceptors (Lipinski definition) is 4. The molecule has 1 aliphatic heterocycles. The molecule has 1 aromatic heterocycles. The number of fused-ring (bicyclic) bond motifs is 1. The van der Waals surface area contributed by atoms with Crippen LogP contribution in [0.4, 0.5) is 5.69 Å². The van der Waals surface area contributed by atoms with Crippen LogP contribution in [0.5, 0.6) is 0 Å². The Hall–Kier alpha value is -2.43. The van der Waals surface area contributed by atoms with Gasteiger partial charge in [-0.25, -0.2) is 0 Å². The Morgan fingerprint density at radius 2 is 2.05 bits per heavy atom. The van der Waals surface area contributed by atoms with Crippen LogP contribution >= 0.6 is 0 Å². The lowest BCUT2D eigenvalue weighted by Crippen LogP contribution is -2.31. The van der Waals surface area contributed by atoms with E-state index in [0.717, 1.165) is 16.6 Å². The minimum atomic E-state index is -0.483. The Morgan fingerprint density at radius 3 is 2.79 bits per heavy atom. The van der Waals surface area contributed by atoms with E-state index in [1.807, 2.05) is 30.3 Å². The lowest BCUT2D eigenvalue weighted by molar-refractivity contribution is -0.136. The van der Waals surface area contributed by atoms with Gasteiger partial charge in [0.05, 0.1) is 11.9 Å². The van der Waals surface area contributed by atoms with Gasteiger partial charge in [0.25, 0.3) is 5.91 Å². The molecule has 5 heteroatoms. The van der Waals surface area contributed by atoms with E-state index in [1.54, 1.807) is 6.20 Å². The van der Waals surface area contributed by atoms with Gasteiger partial charge in [-0.15, -0.1) is 0 Å². The number of amides is 2. The fourth-order valence-corrected chi connectivity index (χ4v) is 2.28. The summed E-state index contributed by atoms with van der Waals surface area (Å²) < 4.78 is 0. The van der Waals surface area contributed by atoms with Crippen molar-refractivity contribution < 1.29 is 9.59 Å². The van der Waals surface area contributed by atoms with Crippen molar-refractivity contribution in [2.45, 2.75) is 12.5 Å². The number of imide groups is 1. The SMILES string of the molecule is CN1C(=O)CC(Nc2ccnc3ccccc23)C1=O. The van der Waals surface area contributed by atoms with E-state index in [4.69, 9.17) is 0 Å². The van der Waals surface area contributed by atoms with E-state index in [1.165, 1.54) is 11.9 Å². The summed E-state index contributed by atoms with van der Waals surface area (Å²) in [6.07, 6.45) is 1.89. The second-order valence-corrected chi connectivity index (χ2v) is 4.57. The van der Waals surface area contributed by atoms with Crippen molar-refractivity contribution in [3.63, 3.8) is 0 Å². The minimum Gasteiger partial charge on any atom is -0.373 e. The number of nitrogens with zero attached hydrogens (tertiary/aromatic N) is 2. The Morgan fingerprint density at radius 1 is 1.26 bits per heavy atom. The van der Waals surface area contributed by atoms with Crippen LogP contribution in [-0.4, -0.2) is 34.8 Å². The lowest BCUT2D eigenvalue weighted by Gasteiger charge is -2.14. The predicted octanol–water partition coefficient (Wildman–Crippen LogP) is 1.40. The van der Waals surface area contributed by atoms with Gasteiger partial charge in [-0.1, -0.05) is 18.2 Å². The van der Waals surface area contributed by atoms with Crippen LogP contribution in [0.1, 0.15) is 6.42 Å². The number of likely N-dealkylation sites (tertiary alicyclic amines) is 1. The van der Waals surface area contributed by atoms with Crippen LogP contribution in [0.2, 0.25) is 0 Å². The Kier molecular flexibility index (Phi) is 2.67. The highest BCUT2D eigenvalue weighted by Crippen LogP contribution is 2.24. The van der Waals surface area contributed by atoms with Gasteiger partial charge in [-0.3, -0.25) is 19.5 Å². The standard InChI is InChI=1S/C14H13N3O2/c1-17-13(18)8-12(14(17)19)16-11-6-7-15-10-5-3-2-4-9(10)11/h2-7,12H,8H2,1H3,(H,15,16). The molecule has 96 valence electrons. The van der Waals surface area contributed by atoms with E-state index >= 15 is 0 Å². The largest absolute Gasteiger partial charge is 0.373 e. The van der Waals surface area contributed by atoms with Gasteiger partial charge < -0.3 is 5.32 Å². The molecule has 0 saturated carbocycles. The van der Waals surface area contributed by atoms with Crippen LogP contribution in [0.3, 0.4) is 0 Å². The summed E-state index contributed by atoms with van der Waals surface area (Å²) >= 11 is 0. The zero-order chi connectivity index (χ0) is 13.4. The molecule has 19 heavy (non-hydrogen) atoms. The van der Waals surface area contributed by atoms with Gasteiger partial charge in [-0.05, 0) is 12.1 Å². The number of hydrogen-bond donors (Lipinski definition) is 1. The van der Waals surface area contributed by atoms with Crippen molar-refractivity contribution in [1.82, 2.24) is 9.88 Å². The topological polar surface area (TPSA) is 62.3 Å². The molecule has 0 radical (unpaired) electrons. The maximum atomic E-state index is 11.9. The van der Waals surface area contributed by atoms with Crippen LogP contribution in [0.15, 0.2) is 36.5 Å². The number of para-hydroxylation sites is 1. The quantitative estimate of drug-likeness (QED) is 0.824. The smallest absolute Gasteiger partial charge is 0.251 e. The number of aromatic nitrogens is 1. The number of benzene rings is 1. The second-order valence-electron chi connectivity index (χ2n) is 4.57. The second kappa shape index (κ2) is 4.35. The zero-order valence-electron chi connectivity index (χ0n) is 10.5. The first-order chi connectivity index (χ1) is 9.16. The van der Waals surface area contributed by atoms with Crippen molar-refractivity contribution in [2.24, 2.45) is 0 Å². The summed E-state index contributed by atoms with van der Waals surface area (Å²) in [4.78, 5) is 28.8. The molecule has 0 spiro atoms. The molecule has 1 aromatic carbocycles. The third-order valence-corrected chi connectivity index (χ3v) is 3.36. The minimum absolute atomic E-state index is 0.152. The molecule has 1 fully saturated rings. The van der Waals surface area contributed by atoms with Crippen molar-refractivity contribution in [3.8, 4) is 0 Å². The van der Waals surface area contributed by atoms with Gasteiger partial charge in [0, 0.05) is 24.3 Å². The summed E-state index contributed by atoms with van der Waals surface area (Å²) in [7, 11) is 1.51. The fraction of sp³-hybridized carbons (Fsp3) is 0.214. The third kappa shape index (κ3) is 1.93. The summed E-state index contributed by atoms with van der Waals surface area (Å²) in [5.41, 5.74) is 1.68. The van der Waals surface area contributed by atoms with Gasteiger partial charge in [-0.2, -0.15) is 0 Å². The molecule has 2 aromatic rings. The Labute approximate surface area is 110 Å². The summed E-state index contributed by atoms with van der Waals surface area (Å²) in [5.74, 6) is -0.341. The average molecular weight is 255 g/mol. The maximum absolute atomic E-state index is 11.9. The van der Waals surface area contributed by atoms with E-state index < -0.39 is 6.04 Å². The molecule has 1 N–H and O–H groups in total. The van der Waals surface area contributed by atoms with Gasteiger partial charge in [0.1, 0.15) is 6.04 Å². The summed E-state index contributed by atoms with van der Waals surface area (Å²) in [6, 6.07) is 9.02.